The van der Waals surface area contributed by atoms with Crippen LogP contribution < -0.4 is 5.73 Å². The van der Waals surface area contributed by atoms with Crippen LogP contribution in [0.3, 0.4) is 0 Å². The largest absolute Gasteiger partial charge is 0.397 e. The summed E-state index contributed by atoms with van der Waals surface area (Å²) in [7, 11) is 0. The Morgan fingerprint density at radius 2 is 2.00 bits per heavy atom. The fraction of sp³-hybridized carbons (Fsp3) is 0.0435. The summed E-state index contributed by atoms with van der Waals surface area (Å²) in [6.07, 6.45) is 6.76. The molecule has 0 atom stereocenters. The molecular formula is C23H16N8OS. The predicted octanol–water partition coefficient (Wildman–Crippen LogP) is 4.47. The van der Waals surface area contributed by atoms with Gasteiger partial charge in [-0.15, -0.1) is 11.3 Å². The first-order chi connectivity index (χ1) is 16.1. The average Bonchev–Trinajstić information content (AvgIpc) is 3.55. The number of nitrogens with one attached hydrogen (secondary N) is 2. The lowest BCUT2D eigenvalue weighted by atomic mass is 10.1. The van der Waals surface area contributed by atoms with Crippen LogP contribution in [0.15, 0.2) is 55.1 Å². The van der Waals surface area contributed by atoms with E-state index in [9.17, 15) is 4.79 Å². The lowest BCUT2D eigenvalue weighted by molar-refractivity contribution is 0.102. The molecule has 6 aromatic rings. The van der Waals surface area contributed by atoms with E-state index in [2.05, 4.69) is 35.1 Å². The number of hydrogen-bond donors (Lipinski definition) is 3. The Kier molecular flexibility index (Phi) is 4.27. The Morgan fingerprint density at radius 3 is 2.82 bits per heavy atom. The highest BCUT2D eigenvalue weighted by molar-refractivity contribution is 7.17. The number of nitrogens with two attached hydrogens (primary N) is 1. The van der Waals surface area contributed by atoms with Gasteiger partial charge in [-0.05, 0) is 37.3 Å². The van der Waals surface area contributed by atoms with Gasteiger partial charge in [0.15, 0.2) is 17.3 Å². The van der Waals surface area contributed by atoms with Crippen molar-refractivity contribution in [3.05, 3.63) is 60.0 Å². The van der Waals surface area contributed by atoms with Crippen LogP contribution >= 0.6 is 11.3 Å². The molecule has 160 valence electrons. The van der Waals surface area contributed by atoms with E-state index < -0.39 is 0 Å². The Bertz CT molecular complexity index is 1680. The van der Waals surface area contributed by atoms with Crippen molar-refractivity contribution in [3.8, 4) is 33.2 Å². The van der Waals surface area contributed by atoms with Crippen molar-refractivity contribution in [2.75, 3.05) is 5.73 Å². The van der Waals surface area contributed by atoms with Gasteiger partial charge in [-0.2, -0.15) is 5.10 Å². The molecule has 0 saturated carbocycles. The lowest BCUT2D eigenvalue weighted by Gasteiger charge is -2.02. The van der Waals surface area contributed by atoms with Gasteiger partial charge in [0, 0.05) is 40.0 Å². The maximum atomic E-state index is 11.7. The molecule has 0 radical (unpaired) electrons. The summed E-state index contributed by atoms with van der Waals surface area (Å²) in [4.78, 5) is 34.6. The summed E-state index contributed by atoms with van der Waals surface area (Å²) in [5, 5.41) is 8.35. The Hall–Kier alpha value is -4.44. The van der Waals surface area contributed by atoms with Crippen molar-refractivity contribution in [1.29, 1.82) is 0 Å². The van der Waals surface area contributed by atoms with Gasteiger partial charge in [0.05, 0.1) is 33.5 Å². The fourth-order valence-corrected chi connectivity index (χ4v) is 4.69. The number of carbonyl (C=O) groups is 1. The van der Waals surface area contributed by atoms with E-state index in [1.54, 1.807) is 31.7 Å². The van der Waals surface area contributed by atoms with Crippen LogP contribution in [-0.4, -0.2) is 40.9 Å². The van der Waals surface area contributed by atoms with Crippen molar-refractivity contribution in [2.45, 2.75) is 6.92 Å². The number of anilines is 1. The van der Waals surface area contributed by atoms with Gasteiger partial charge < -0.3 is 10.7 Å². The number of carbonyl (C=O) groups excluding carboxylic acids is 1. The van der Waals surface area contributed by atoms with Crippen molar-refractivity contribution in [1.82, 2.24) is 35.1 Å². The van der Waals surface area contributed by atoms with Crippen LogP contribution in [0.5, 0.6) is 0 Å². The molecule has 0 bridgehead atoms. The highest BCUT2D eigenvalue weighted by Gasteiger charge is 2.17. The third-order valence-corrected chi connectivity index (χ3v) is 6.56. The molecule has 0 spiro atoms. The minimum absolute atomic E-state index is 0.0460. The zero-order valence-electron chi connectivity index (χ0n) is 17.3. The first-order valence-corrected chi connectivity index (χ1v) is 10.9. The van der Waals surface area contributed by atoms with Crippen LogP contribution in [0, 0.1) is 0 Å². The predicted molar refractivity (Wildman–Crippen MR) is 128 cm³/mol. The molecule has 0 aromatic carbocycles. The second-order valence-electron chi connectivity index (χ2n) is 7.56. The van der Waals surface area contributed by atoms with E-state index in [4.69, 9.17) is 5.73 Å². The minimum atomic E-state index is 0.0460. The highest BCUT2D eigenvalue weighted by atomic mass is 32.1. The van der Waals surface area contributed by atoms with Gasteiger partial charge in [0.25, 0.3) is 0 Å². The smallest absolute Gasteiger partial charge is 0.178 e. The van der Waals surface area contributed by atoms with Crippen LogP contribution in [-0.2, 0) is 0 Å². The van der Waals surface area contributed by atoms with E-state index >= 15 is 0 Å². The van der Waals surface area contributed by atoms with Crippen molar-refractivity contribution >= 4 is 44.9 Å². The van der Waals surface area contributed by atoms with Crippen molar-refractivity contribution in [3.63, 3.8) is 0 Å². The van der Waals surface area contributed by atoms with Gasteiger partial charge in [-0.1, -0.05) is 0 Å². The first kappa shape index (κ1) is 19.3. The number of aromatic nitrogens is 7. The van der Waals surface area contributed by atoms with Gasteiger partial charge in [-0.25, -0.2) is 9.97 Å². The lowest BCUT2D eigenvalue weighted by Crippen LogP contribution is -1.90. The Morgan fingerprint density at radius 1 is 1.09 bits per heavy atom. The van der Waals surface area contributed by atoms with E-state index in [0.29, 0.717) is 27.7 Å². The van der Waals surface area contributed by atoms with E-state index in [0.717, 1.165) is 38.1 Å². The SMILES string of the molecule is CC(=O)c1ccc(-c2ccnc3nc(-c4n[nH]c5cnc(-c6cncc(N)c6)cc45)[nH]c23)s1. The van der Waals surface area contributed by atoms with Crippen LogP contribution in [0.1, 0.15) is 16.6 Å². The zero-order chi connectivity index (χ0) is 22.5. The molecule has 0 amide bonds. The number of thiophene rings is 1. The number of H-pyrrole nitrogens is 2. The molecule has 0 unspecified atom stereocenters. The molecule has 6 rings (SSSR count). The van der Waals surface area contributed by atoms with Gasteiger partial charge in [0.2, 0.25) is 0 Å². The third-order valence-electron chi connectivity index (χ3n) is 5.34. The summed E-state index contributed by atoms with van der Waals surface area (Å²) in [6, 6.07) is 9.46. The van der Waals surface area contributed by atoms with Gasteiger partial charge in [0.1, 0.15) is 5.69 Å². The number of aromatic amines is 2. The molecule has 0 saturated heterocycles. The molecule has 33 heavy (non-hydrogen) atoms. The topological polar surface area (TPSA) is 139 Å². The number of hydrogen-bond acceptors (Lipinski definition) is 8. The van der Waals surface area contributed by atoms with Gasteiger partial charge in [-0.3, -0.25) is 19.9 Å². The Labute approximate surface area is 190 Å². The normalized spacial score (nSPS) is 11.4. The van der Waals surface area contributed by atoms with E-state index in [1.165, 1.54) is 11.3 Å². The van der Waals surface area contributed by atoms with Crippen LogP contribution in [0.25, 0.3) is 55.3 Å². The second kappa shape index (κ2) is 7.31. The standard InChI is InChI=1S/C23H16N8OS/c1-11(32)18-2-3-19(33-18)14-4-5-26-22-20(14)28-23(29-22)21-15-7-16(27-10-17(15)30-31-21)12-6-13(24)9-25-8-12/h2-10H,24H2,1H3,(H,30,31)(H,26,28,29). The molecular weight excluding hydrogens is 436 g/mol. The number of rotatable bonds is 4. The van der Waals surface area contributed by atoms with Crippen molar-refractivity contribution < 1.29 is 4.79 Å². The Balaban J connectivity index is 1.48. The highest BCUT2D eigenvalue weighted by Crippen LogP contribution is 2.34. The number of pyridine rings is 3. The van der Waals surface area contributed by atoms with E-state index in [1.807, 2.05) is 30.3 Å². The van der Waals surface area contributed by atoms with Gasteiger partial charge >= 0.3 is 0 Å². The summed E-state index contributed by atoms with van der Waals surface area (Å²) < 4.78 is 0. The zero-order valence-corrected chi connectivity index (χ0v) is 18.1. The molecule has 0 aliphatic heterocycles. The second-order valence-corrected chi connectivity index (χ2v) is 8.64. The summed E-state index contributed by atoms with van der Waals surface area (Å²) >= 11 is 1.45. The molecule has 0 aliphatic rings. The molecule has 6 heterocycles. The van der Waals surface area contributed by atoms with E-state index in [-0.39, 0.29) is 5.78 Å². The maximum Gasteiger partial charge on any atom is 0.178 e. The first-order valence-electron chi connectivity index (χ1n) is 10.1. The third kappa shape index (κ3) is 3.24. The number of imidazole rings is 1. The molecule has 9 nitrogen and oxygen atoms in total. The summed E-state index contributed by atoms with van der Waals surface area (Å²) in [5.41, 5.74) is 11.7. The van der Waals surface area contributed by atoms with Crippen LogP contribution in [0.2, 0.25) is 0 Å². The summed E-state index contributed by atoms with van der Waals surface area (Å²) in [6.45, 7) is 1.57. The van der Waals surface area contributed by atoms with Crippen LogP contribution in [0.4, 0.5) is 5.69 Å². The number of nitrogen functional groups attached to an aromatic ring is 1. The summed E-state index contributed by atoms with van der Waals surface area (Å²) in [5.74, 6) is 0.632. The molecule has 6 aromatic heterocycles. The molecule has 10 heteroatoms. The monoisotopic (exact) mass is 452 g/mol. The average molecular weight is 453 g/mol. The molecule has 4 N–H and O–H groups in total. The van der Waals surface area contributed by atoms with Crippen molar-refractivity contribution in [2.24, 2.45) is 0 Å². The number of fused-ring (bicyclic) bond motifs is 2. The maximum absolute atomic E-state index is 11.7. The quantitative estimate of drug-likeness (QED) is 0.335. The number of ketones is 1. The number of Topliss-reactive ketones (excluding diaryl/α,β-unsaturated/α-hetero) is 1. The number of nitrogens with zero attached hydrogens (tertiary/aromatic N) is 5. The fourth-order valence-electron chi connectivity index (χ4n) is 3.75. The molecule has 0 fully saturated rings. The minimum Gasteiger partial charge on any atom is -0.397 e. The molecule has 0 aliphatic carbocycles.